The molecule has 0 unspecified atom stereocenters. The Morgan fingerprint density at radius 1 is 1.60 bits per heavy atom. The van der Waals surface area contributed by atoms with Crippen molar-refractivity contribution in [2.45, 2.75) is 13.5 Å². The second kappa shape index (κ2) is 6.16. The molecule has 0 heterocycles. The van der Waals surface area contributed by atoms with E-state index in [9.17, 15) is 0 Å². The van der Waals surface area contributed by atoms with E-state index >= 15 is 0 Å². The van der Waals surface area contributed by atoms with Crippen molar-refractivity contribution < 1.29 is 4.74 Å². The Bertz CT molecular complexity index is 366. The predicted octanol–water partition coefficient (Wildman–Crippen LogP) is 3.43. The molecule has 1 rings (SSSR count). The first-order valence-corrected chi connectivity index (χ1v) is 5.78. The normalized spacial score (nSPS) is 11.6. The number of hydrogen-bond acceptors (Lipinski definition) is 2. The van der Waals surface area contributed by atoms with Gasteiger partial charge in [-0.15, -0.1) is 0 Å². The molecule has 0 radical (unpaired) electrons. The third-order valence-electron chi connectivity index (χ3n) is 1.90. The summed E-state index contributed by atoms with van der Waals surface area (Å²) in [7, 11) is 0. The van der Waals surface area contributed by atoms with Gasteiger partial charge in [-0.05, 0) is 34.5 Å². The van der Waals surface area contributed by atoms with Crippen molar-refractivity contribution in [3.05, 3.63) is 39.3 Å². The van der Waals surface area contributed by atoms with Gasteiger partial charge in [0.15, 0.2) is 0 Å². The highest BCUT2D eigenvalue weighted by Crippen LogP contribution is 2.29. The standard InChI is InChI=1S/C11H13BrClNO/c1-8(5-13)7-15-11-9(6-14)3-2-4-10(11)12/h2-5H,6-7,14H2,1H3/b8-5-. The van der Waals surface area contributed by atoms with E-state index in [1.165, 1.54) is 5.54 Å². The minimum atomic E-state index is 0.457. The molecule has 0 saturated heterocycles. The van der Waals surface area contributed by atoms with Gasteiger partial charge in [-0.25, -0.2) is 0 Å². The fourth-order valence-electron chi connectivity index (χ4n) is 1.09. The Kier molecular flexibility index (Phi) is 5.15. The van der Waals surface area contributed by atoms with Crippen molar-refractivity contribution in [1.29, 1.82) is 0 Å². The molecule has 82 valence electrons. The minimum Gasteiger partial charge on any atom is -0.488 e. The summed E-state index contributed by atoms with van der Waals surface area (Å²) in [4.78, 5) is 0. The van der Waals surface area contributed by atoms with Crippen LogP contribution in [-0.2, 0) is 6.54 Å². The van der Waals surface area contributed by atoms with Gasteiger partial charge in [0.2, 0.25) is 0 Å². The largest absolute Gasteiger partial charge is 0.488 e. The number of nitrogens with two attached hydrogens (primary N) is 1. The zero-order chi connectivity index (χ0) is 11.3. The lowest BCUT2D eigenvalue weighted by Gasteiger charge is -2.12. The molecule has 0 aliphatic heterocycles. The van der Waals surface area contributed by atoms with Gasteiger partial charge < -0.3 is 10.5 Å². The van der Waals surface area contributed by atoms with Crippen LogP contribution in [0.3, 0.4) is 0 Å². The molecule has 0 spiro atoms. The number of para-hydroxylation sites is 1. The molecule has 0 fully saturated rings. The molecule has 0 aromatic heterocycles. The summed E-state index contributed by atoms with van der Waals surface area (Å²) >= 11 is 8.98. The lowest BCUT2D eigenvalue weighted by atomic mass is 10.2. The zero-order valence-corrected chi connectivity index (χ0v) is 10.8. The fraction of sp³-hybridized carbons (Fsp3) is 0.273. The molecule has 0 amide bonds. The molecule has 4 heteroatoms. The second-order valence-corrected chi connectivity index (χ2v) is 4.25. The van der Waals surface area contributed by atoms with Crippen LogP contribution >= 0.6 is 27.5 Å². The molecule has 2 nitrogen and oxygen atoms in total. The number of halogens is 2. The monoisotopic (exact) mass is 289 g/mol. The Labute approximate surface area is 103 Å². The van der Waals surface area contributed by atoms with Crippen LogP contribution in [0.2, 0.25) is 0 Å². The van der Waals surface area contributed by atoms with Gasteiger partial charge in [-0.2, -0.15) is 0 Å². The van der Waals surface area contributed by atoms with Crippen molar-refractivity contribution in [3.8, 4) is 5.75 Å². The molecule has 0 bridgehead atoms. The molecule has 15 heavy (non-hydrogen) atoms. The molecular weight excluding hydrogens is 277 g/mol. The summed E-state index contributed by atoms with van der Waals surface area (Å²) in [5.41, 5.74) is 9.08. The first-order valence-electron chi connectivity index (χ1n) is 4.55. The quantitative estimate of drug-likeness (QED) is 0.922. The Morgan fingerprint density at radius 2 is 2.33 bits per heavy atom. The molecule has 1 aromatic carbocycles. The molecule has 2 N–H and O–H groups in total. The van der Waals surface area contributed by atoms with Crippen LogP contribution in [0.4, 0.5) is 0 Å². The third-order valence-corrected chi connectivity index (χ3v) is 2.90. The topological polar surface area (TPSA) is 35.2 Å². The number of hydrogen-bond donors (Lipinski definition) is 1. The first-order chi connectivity index (χ1) is 7.19. The maximum atomic E-state index is 5.63. The highest BCUT2D eigenvalue weighted by molar-refractivity contribution is 9.10. The number of rotatable bonds is 4. The fourth-order valence-corrected chi connectivity index (χ4v) is 1.68. The van der Waals surface area contributed by atoms with Gasteiger partial charge in [0.05, 0.1) is 4.47 Å². The first kappa shape index (κ1) is 12.6. The smallest absolute Gasteiger partial charge is 0.138 e. The van der Waals surface area contributed by atoms with Crippen LogP contribution < -0.4 is 10.5 Å². The van der Waals surface area contributed by atoms with Gasteiger partial charge in [0.1, 0.15) is 12.4 Å². The highest BCUT2D eigenvalue weighted by atomic mass is 79.9. The van der Waals surface area contributed by atoms with Crippen LogP contribution in [-0.4, -0.2) is 6.61 Å². The molecule has 0 atom stereocenters. The van der Waals surface area contributed by atoms with E-state index in [1.54, 1.807) is 0 Å². The van der Waals surface area contributed by atoms with E-state index in [0.29, 0.717) is 13.2 Å². The number of benzene rings is 1. The van der Waals surface area contributed by atoms with Crippen molar-refractivity contribution in [2.75, 3.05) is 6.61 Å². The average molecular weight is 291 g/mol. The van der Waals surface area contributed by atoms with Crippen LogP contribution in [0.5, 0.6) is 5.75 Å². The molecule has 1 aromatic rings. The lowest BCUT2D eigenvalue weighted by molar-refractivity contribution is 0.346. The summed E-state index contributed by atoms with van der Waals surface area (Å²) in [6.07, 6.45) is 0. The molecule has 0 aliphatic carbocycles. The predicted molar refractivity (Wildman–Crippen MR) is 67.1 cm³/mol. The summed E-state index contributed by atoms with van der Waals surface area (Å²) in [6, 6.07) is 5.80. The van der Waals surface area contributed by atoms with Crippen molar-refractivity contribution in [3.63, 3.8) is 0 Å². The van der Waals surface area contributed by atoms with Crippen LogP contribution in [0, 0.1) is 0 Å². The van der Waals surface area contributed by atoms with Gasteiger partial charge >= 0.3 is 0 Å². The summed E-state index contributed by atoms with van der Waals surface area (Å²) in [5, 5.41) is 0. The van der Waals surface area contributed by atoms with Crippen molar-refractivity contribution >= 4 is 27.5 Å². The van der Waals surface area contributed by atoms with Crippen molar-refractivity contribution in [2.24, 2.45) is 5.73 Å². The van der Waals surface area contributed by atoms with E-state index in [2.05, 4.69) is 15.9 Å². The minimum absolute atomic E-state index is 0.457. The van der Waals surface area contributed by atoms with Crippen LogP contribution in [0.1, 0.15) is 12.5 Å². The van der Waals surface area contributed by atoms with Gasteiger partial charge in [-0.1, -0.05) is 23.7 Å². The lowest BCUT2D eigenvalue weighted by Crippen LogP contribution is -2.05. The van der Waals surface area contributed by atoms with Gasteiger partial charge in [-0.3, -0.25) is 0 Å². The molecular formula is C11H13BrClNO. The van der Waals surface area contributed by atoms with Gasteiger partial charge in [0.25, 0.3) is 0 Å². The summed E-state index contributed by atoms with van der Waals surface area (Å²) in [6.45, 7) is 2.84. The van der Waals surface area contributed by atoms with E-state index in [-0.39, 0.29) is 0 Å². The highest BCUT2D eigenvalue weighted by Gasteiger charge is 2.06. The van der Waals surface area contributed by atoms with E-state index in [0.717, 1.165) is 21.4 Å². The van der Waals surface area contributed by atoms with Crippen molar-refractivity contribution in [1.82, 2.24) is 0 Å². The van der Waals surface area contributed by atoms with Gasteiger partial charge in [0, 0.05) is 17.6 Å². The third kappa shape index (κ3) is 3.52. The maximum Gasteiger partial charge on any atom is 0.138 e. The second-order valence-electron chi connectivity index (χ2n) is 3.18. The Hall–Kier alpha value is -0.510. The van der Waals surface area contributed by atoms with E-state index < -0.39 is 0 Å². The molecule has 0 aliphatic rings. The van der Waals surface area contributed by atoms with Crippen LogP contribution in [0.25, 0.3) is 0 Å². The van der Waals surface area contributed by atoms with Crippen LogP contribution in [0.15, 0.2) is 33.8 Å². The molecule has 0 saturated carbocycles. The Balaban J connectivity index is 2.83. The number of ether oxygens (including phenoxy) is 1. The summed E-state index contributed by atoms with van der Waals surface area (Å²) < 4.78 is 6.54. The Morgan fingerprint density at radius 3 is 2.93 bits per heavy atom. The average Bonchev–Trinajstić information content (AvgIpc) is 2.26. The van der Waals surface area contributed by atoms with E-state index in [4.69, 9.17) is 22.1 Å². The SMILES string of the molecule is C/C(=C/Cl)COc1c(Br)cccc1CN. The maximum absolute atomic E-state index is 5.63. The van der Waals surface area contributed by atoms with E-state index in [1.807, 2.05) is 25.1 Å². The summed E-state index contributed by atoms with van der Waals surface area (Å²) in [5.74, 6) is 0.790. The zero-order valence-electron chi connectivity index (χ0n) is 8.47.